The number of aromatic nitrogens is 2. The van der Waals surface area contributed by atoms with Crippen molar-refractivity contribution in [1.82, 2.24) is 9.97 Å². The standard InChI is InChI=1S/C26H25N3O2/c1-2-17-11-13-18(14-12-17)22-23-25(29-20-9-6-10-21(30)15-20)27-16-28-26(23)31-24(22)19-7-4-3-5-8-19/h3-10,13,15-17,30H,2,11-12,14H2,1H3,(H,27,28,29). The van der Waals surface area contributed by atoms with Crippen LogP contribution in [0.25, 0.3) is 28.0 Å². The molecule has 0 saturated carbocycles. The van der Waals surface area contributed by atoms with Gasteiger partial charge in [0.05, 0.1) is 5.39 Å². The van der Waals surface area contributed by atoms with Crippen molar-refractivity contribution in [2.24, 2.45) is 5.92 Å². The normalized spacial score (nSPS) is 16.3. The molecule has 0 fully saturated rings. The number of aromatic hydroxyl groups is 1. The predicted octanol–water partition coefficient (Wildman–Crippen LogP) is 6.93. The second-order valence-corrected chi connectivity index (χ2v) is 8.03. The molecule has 0 amide bonds. The van der Waals surface area contributed by atoms with E-state index in [1.165, 1.54) is 24.7 Å². The molecule has 2 aromatic heterocycles. The molecule has 5 nitrogen and oxygen atoms in total. The summed E-state index contributed by atoms with van der Waals surface area (Å²) in [6.45, 7) is 2.26. The zero-order valence-electron chi connectivity index (χ0n) is 17.5. The summed E-state index contributed by atoms with van der Waals surface area (Å²) in [5, 5.41) is 14.1. The Morgan fingerprint density at radius 2 is 1.97 bits per heavy atom. The van der Waals surface area contributed by atoms with Crippen LogP contribution in [0.3, 0.4) is 0 Å². The van der Waals surface area contributed by atoms with Crippen LogP contribution in [0.1, 0.15) is 38.2 Å². The smallest absolute Gasteiger partial charge is 0.232 e. The maximum absolute atomic E-state index is 9.86. The number of anilines is 2. The minimum Gasteiger partial charge on any atom is -0.508 e. The summed E-state index contributed by atoms with van der Waals surface area (Å²) in [4.78, 5) is 8.97. The van der Waals surface area contributed by atoms with Crippen molar-refractivity contribution in [2.75, 3.05) is 5.32 Å². The number of fused-ring (bicyclic) bond motifs is 1. The Morgan fingerprint density at radius 1 is 1.10 bits per heavy atom. The topological polar surface area (TPSA) is 71.2 Å². The summed E-state index contributed by atoms with van der Waals surface area (Å²) in [6.07, 6.45) is 8.34. The molecule has 1 aliphatic carbocycles. The van der Waals surface area contributed by atoms with Crippen molar-refractivity contribution < 1.29 is 9.52 Å². The van der Waals surface area contributed by atoms with Gasteiger partial charge in [-0.05, 0) is 42.9 Å². The second kappa shape index (κ2) is 8.26. The molecule has 0 bridgehead atoms. The molecule has 0 saturated heterocycles. The number of furan rings is 1. The number of nitrogens with one attached hydrogen (secondary N) is 1. The fourth-order valence-electron chi connectivity index (χ4n) is 4.33. The molecule has 0 spiro atoms. The molecule has 1 unspecified atom stereocenters. The van der Waals surface area contributed by atoms with E-state index in [1.54, 1.807) is 18.2 Å². The lowest BCUT2D eigenvalue weighted by Crippen LogP contribution is -2.05. The highest BCUT2D eigenvalue weighted by atomic mass is 16.3. The van der Waals surface area contributed by atoms with Gasteiger partial charge in [0.1, 0.15) is 23.7 Å². The third-order valence-corrected chi connectivity index (χ3v) is 6.05. The molecule has 0 aliphatic heterocycles. The van der Waals surface area contributed by atoms with Gasteiger partial charge in [-0.1, -0.05) is 55.8 Å². The maximum Gasteiger partial charge on any atom is 0.232 e. The average Bonchev–Trinajstić information content (AvgIpc) is 3.20. The largest absolute Gasteiger partial charge is 0.508 e. The molecule has 2 heterocycles. The van der Waals surface area contributed by atoms with E-state index in [0.29, 0.717) is 11.5 Å². The van der Waals surface area contributed by atoms with E-state index < -0.39 is 0 Å². The molecule has 2 N–H and O–H groups in total. The van der Waals surface area contributed by atoms with Crippen LogP contribution in [0.4, 0.5) is 11.5 Å². The highest BCUT2D eigenvalue weighted by Gasteiger charge is 2.25. The Hall–Kier alpha value is -3.60. The van der Waals surface area contributed by atoms with E-state index in [2.05, 4.69) is 40.4 Å². The highest BCUT2D eigenvalue weighted by molar-refractivity contribution is 6.03. The lowest BCUT2D eigenvalue weighted by Gasteiger charge is -2.21. The minimum absolute atomic E-state index is 0.202. The van der Waals surface area contributed by atoms with Gasteiger partial charge in [0.15, 0.2) is 0 Å². The summed E-state index contributed by atoms with van der Waals surface area (Å²) >= 11 is 0. The lowest BCUT2D eigenvalue weighted by atomic mass is 9.84. The molecule has 1 atom stereocenters. The van der Waals surface area contributed by atoms with Gasteiger partial charge in [-0.15, -0.1) is 0 Å². The van der Waals surface area contributed by atoms with Crippen molar-refractivity contribution in [2.45, 2.75) is 32.6 Å². The Labute approximate surface area is 181 Å². The van der Waals surface area contributed by atoms with Crippen molar-refractivity contribution in [3.05, 3.63) is 72.6 Å². The second-order valence-electron chi connectivity index (χ2n) is 8.03. The van der Waals surface area contributed by atoms with E-state index in [-0.39, 0.29) is 5.75 Å². The molecular formula is C26H25N3O2. The van der Waals surface area contributed by atoms with Gasteiger partial charge in [-0.25, -0.2) is 9.97 Å². The van der Waals surface area contributed by atoms with Crippen LogP contribution in [0, 0.1) is 5.92 Å². The van der Waals surface area contributed by atoms with Crippen molar-refractivity contribution in [3.8, 4) is 17.1 Å². The molecule has 5 rings (SSSR count). The average molecular weight is 412 g/mol. The summed E-state index contributed by atoms with van der Waals surface area (Å²) < 4.78 is 6.31. The van der Waals surface area contributed by atoms with Gasteiger partial charge in [-0.2, -0.15) is 0 Å². The quantitative estimate of drug-likeness (QED) is 0.372. The molecule has 0 radical (unpaired) electrons. The van der Waals surface area contributed by atoms with Crippen molar-refractivity contribution in [1.29, 1.82) is 0 Å². The molecule has 1 aliphatic rings. The summed E-state index contributed by atoms with van der Waals surface area (Å²) in [6, 6.07) is 17.2. The zero-order chi connectivity index (χ0) is 21.2. The summed E-state index contributed by atoms with van der Waals surface area (Å²) in [5.41, 5.74) is 4.70. The number of rotatable bonds is 5. The van der Waals surface area contributed by atoms with Gasteiger partial charge in [0, 0.05) is 22.9 Å². The molecular weight excluding hydrogens is 386 g/mol. The van der Waals surface area contributed by atoms with Crippen LogP contribution < -0.4 is 5.32 Å². The van der Waals surface area contributed by atoms with Gasteiger partial charge in [0.2, 0.25) is 5.71 Å². The van der Waals surface area contributed by atoms with E-state index in [1.807, 2.05) is 24.3 Å². The third kappa shape index (κ3) is 3.79. The number of hydrogen-bond acceptors (Lipinski definition) is 5. The summed E-state index contributed by atoms with van der Waals surface area (Å²) in [5.74, 6) is 2.45. The minimum atomic E-state index is 0.202. The number of phenolic OH excluding ortho intramolecular Hbond substituents is 1. The molecule has 4 aromatic rings. The van der Waals surface area contributed by atoms with Gasteiger partial charge >= 0.3 is 0 Å². The number of hydrogen-bond donors (Lipinski definition) is 2. The van der Waals surface area contributed by atoms with Crippen LogP contribution in [0.5, 0.6) is 5.75 Å². The Bertz CT molecular complexity index is 1240. The fourth-order valence-corrected chi connectivity index (χ4v) is 4.33. The highest BCUT2D eigenvalue weighted by Crippen LogP contribution is 2.44. The van der Waals surface area contributed by atoms with E-state index in [9.17, 15) is 5.11 Å². The zero-order valence-corrected chi connectivity index (χ0v) is 17.5. The molecule has 156 valence electrons. The molecule has 5 heteroatoms. The van der Waals surface area contributed by atoms with Crippen LogP contribution in [-0.4, -0.2) is 15.1 Å². The fraction of sp³-hybridized carbons (Fsp3) is 0.231. The SMILES string of the molecule is CCC1CC=C(c2c(-c3ccccc3)oc3ncnc(Nc4cccc(O)c4)c23)CC1. The Balaban J connectivity index is 1.70. The van der Waals surface area contributed by atoms with Gasteiger partial charge < -0.3 is 14.8 Å². The van der Waals surface area contributed by atoms with Crippen molar-refractivity contribution >= 4 is 28.2 Å². The first-order valence-electron chi connectivity index (χ1n) is 10.8. The predicted molar refractivity (Wildman–Crippen MR) is 124 cm³/mol. The van der Waals surface area contributed by atoms with E-state index >= 15 is 0 Å². The lowest BCUT2D eigenvalue weighted by molar-refractivity contribution is 0.470. The van der Waals surface area contributed by atoms with Crippen LogP contribution >= 0.6 is 0 Å². The number of benzene rings is 2. The van der Waals surface area contributed by atoms with E-state index in [4.69, 9.17) is 4.42 Å². The van der Waals surface area contributed by atoms with Crippen molar-refractivity contribution in [3.63, 3.8) is 0 Å². The maximum atomic E-state index is 9.86. The monoisotopic (exact) mass is 411 g/mol. The number of allylic oxidation sites excluding steroid dienone is 2. The Kier molecular flexibility index (Phi) is 5.16. The molecule has 31 heavy (non-hydrogen) atoms. The van der Waals surface area contributed by atoms with Gasteiger partial charge in [0.25, 0.3) is 0 Å². The summed E-state index contributed by atoms with van der Waals surface area (Å²) in [7, 11) is 0. The van der Waals surface area contributed by atoms with Crippen LogP contribution in [-0.2, 0) is 0 Å². The van der Waals surface area contributed by atoms with E-state index in [0.717, 1.165) is 46.7 Å². The number of phenols is 1. The van der Waals surface area contributed by atoms with Crippen LogP contribution in [0.2, 0.25) is 0 Å². The first-order valence-corrected chi connectivity index (χ1v) is 10.8. The molecule has 2 aromatic carbocycles. The Morgan fingerprint density at radius 3 is 2.71 bits per heavy atom. The third-order valence-electron chi connectivity index (χ3n) is 6.05. The first kappa shape index (κ1) is 19.4. The number of nitrogens with zero attached hydrogens (tertiary/aromatic N) is 2. The first-order chi connectivity index (χ1) is 15.2. The van der Waals surface area contributed by atoms with Crippen LogP contribution in [0.15, 0.2) is 71.4 Å². The van der Waals surface area contributed by atoms with Gasteiger partial charge in [-0.3, -0.25) is 0 Å².